The van der Waals surface area contributed by atoms with Crippen molar-refractivity contribution in [2.45, 2.75) is 24.2 Å². The smallest absolute Gasteiger partial charge is 0.322 e. The van der Waals surface area contributed by atoms with E-state index in [9.17, 15) is 4.79 Å². The number of ether oxygens (including phenoxy) is 1. The Morgan fingerprint density at radius 3 is 2.38 bits per heavy atom. The van der Waals surface area contributed by atoms with Gasteiger partial charge in [0.15, 0.2) is 0 Å². The summed E-state index contributed by atoms with van der Waals surface area (Å²) >= 11 is 11.3. The van der Waals surface area contributed by atoms with E-state index in [-0.39, 0.29) is 17.9 Å². The molecule has 0 aromatic rings. The van der Waals surface area contributed by atoms with Gasteiger partial charge in [-0.1, -0.05) is 6.92 Å². The number of hydrogen-bond acceptors (Lipinski definition) is 3. The molecule has 0 aliphatic heterocycles. The Hall–Kier alpha value is 0.01000. The van der Waals surface area contributed by atoms with Crippen LogP contribution in [0.2, 0.25) is 0 Å². The number of esters is 1. The Balaban J connectivity index is 4.05. The van der Waals surface area contributed by atoms with E-state index < -0.39 is 4.84 Å². The van der Waals surface area contributed by atoms with E-state index in [1.807, 2.05) is 6.92 Å². The van der Waals surface area contributed by atoms with Crippen LogP contribution >= 0.6 is 23.2 Å². The van der Waals surface area contributed by atoms with E-state index in [2.05, 4.69) is 10.1 Å². The third kappa shape index (κ3) is 4.69. The lowest BCUT2D eigenvalue weighted by Crippen LogP contribution is -2.37. The monoisotopic (exact) mass is 227 g/mol. The number of carbonyl (C=O) groups excluding carboxylic acids is 1. The molecule has 13 heavy (non-hydrogen) atoms. The first kappa shape index (κ1) is 13.0. The van der Waals surface area contributed by atoms with Crippen LogP contribution in [0.25, 0.3) is 0 Å². The predicted molar refractivity (Wildman–Crippen MR) is 54.1 cm³/mol. The van der Waals surface area contributed by atoms with Gasteiger partial charge in [0.1, 0.15) is 10.9 Å². The molecule has 0 aromatic carbocycles. The molecule has 0 spiro atoms. The fourth-order valence-electron chi connectivity index (χ4n) is 0.949. The van der Waals surface area contributed by atoms with Gasteiger partial charge >= 0.3 is 5.97 Å². The number of nitrogens with one attached hydrogen (secondary N) is 1. The fraction of sp³-hybridized carbons (Fsp3) is 0.875. The van der Waals surface area contributed by atoms with Crippen LogP contribution in [0.5, 0.6) is 0 Å². The quantitative estimate of drug-likeness (QED) is 0.573. The molecule has 0 aliphatic rings. The van der Waals surface area contributed by atoms with E-state index in [0.29, 0.717) is 6.42 Å². The van der Waals surface area contributed by atoms with Crippen molar-refractivity contribution in [3.8, 4) is 0 Å². The summed E-state index contributed by atoms with van der Waals surface area (Å²) in [4.78, 5) is 10.7. The zero-order chi connectivity index (χ0) is 10.4. The molecule has 2 atom stereocenters. The van der Waals surface area contributed by atoms with Crippen LogP contribution in [0, 0.1) is 5.92 Å². The number of halogens is 2. The second-order valence-corrected chi connectivity index (χ2v) is 4.08. The van der Waals surface area contributed by atoms with Gasteiger partial charge in [0.2, 0.25) is 0 Å². The summed E-state index contributed by atoms with van der Waals surface area (Å²) in [7, 11) is 3.06. The normalized spacial score (nSPS) is 15.5. The van der Waals surface area contributed by atoms with Crippen molar-refractivity contribution in [2.24, 2.45) is 5.92 Å². The Bertz CT molecular complexity index is 164. The lowest BCUT2D eigenvalue weighted by atomic mass is 10.0. The average Bonchev–Trinajstić information content (AvgIpc) is 2.12. The van der Waals surface area contributed by atoms with E-state index >= 15 is 0 Å². The summed E-state index contributed by atoms with van der Waals surface area (Å²) < 4.78 is 4.60. The molecule has 0 amide bonds. The van der Waals surface area contributed by atoms with Crippen molar-refractivity contribution in [2.75, 3.05) is 14.2 Å². The lowest BCUT2D eigenvalue weighted by molar-refractivity contribution is -0.143. The van der Waals surface area contributed by atoms with Crippen LogP contribution in [-0.2, 0) is 9.53 Å². The Labute approximate surface area is 88.7 Å². The van der Waals surface area contributed by atoms with Crippen LogP contribution in [0.3, 0.4) is 0 Å². The molecule has 0 aliphatic carbocycles. The highest BCUT2D eigenvalue weighted by atomic mass is 35.5. The van der Waals surface area contributed by atoms with Gasteiger partial charge in [0.05, 0.1) is 7.11 Å². The van der Waals surface area contributed by atoms with Crippen molar-refractivity contribution in [1.82, 2.24) is 5.32 Å². The van der Waals surface area contributed by atoms with Crippen molar-refractivity contribution < 1.29 is 9.53 Å². The first-order valence-electron chi connectivity index (χ1n) is 4.06. The molecule has 3 nitrogen and oxygen atoms in total. The summed E-state index contributed by atoms with van der Waals surface area (Å²) in [5, 5.41) is 2.85. The molecule has 0 heterocycles. The minimum Gasteiger partial charge on any atom is -0.468 e. The number of alkyl halides is 2. The van der Waals surface area contributed by atoms with Gasteiger partial charge in [-0.05, 0) is 19.4 Å². The highest BCUT2D eigenvalue weighted by molar-refractivity contribution is 6.44. The van der Waals surface area contributed by atoms with Crippen molar-refractivity contribution in [1.29, 1.82) is 0 Å². The molecule has 0 unspecified atom stereocenters. The summed E-state index contributed by atoms with van der Waals surface area (Å²) in [6.45, 7) is 1.89. The van der Waals surface area contributed by atoms with E-state index in [1.54, 1.807) is 7.05 Å². The van der Waals surface area contributed by atoms with Crippen LogP contribution in [0.15, 0.2) is 0 Å². The largest absolute Gasteiger partial charge is 0.468 e. The van der Waals surface area contributed by atoms with Crippen molar-refractivity contribution in [3.05, 3.63) is 0 Å². The number of carbonyl (C=O) groups is 1. The first-order chi connectivity index (χ1) is 6.02. The lowest BCUT2D eigenvalue weighted by Gasteiger charge is -2.18. The summed E-state index contributed by atoms with van der Waals surface area (Å²) in [6.07, 6.45) is 0.570. The molecule has 0 radical (unpaired) electrons. The third-order valence-corrected chi connectivity index (χ3v) is 2.73. The Morgan fingerprint density at radius 1 is 1.54 bits per heavy atom. The van der Waals surface area contributed by atoms with Crippen LogP contribution in [0.1, 0.15) is 13.3 Å². The molecule has 0 saturated heterocycles. The van der Waals surface area contributed by atoms with Crippen LogP contribution in [0.4, 0.5) is 0 Å². The van der Waals surface area contributed by atoms with Gasteiger partial charge in [-0.3, -0.25) is 4.79 Å². The van der Waals surface area contributed by atoms with Gasteiger partial charge in [-0.15, -0.1) is 23.2 Å². The van der Waals surface area contributed by atoms with Gasteiger partial charge in [0.25, 0.3) is 0 Å². The maximum atomic E-state index is 11.1. The number of rotatable bonds is 5. The minimum atomic E-state index is -0.458. The van der Waals surface area contributed by atoms with E-state index in [4.69, 9.17) is 23.2 Å². The van der Waals surface area contributed by atoms with Crippen LogP contribution < -0.4 is 5.32 Å². The number of hydrogen-bond donors (Lipinski definition) is 1. The number of likely N-dealkylation sites (N-methyl/N-ethyl adjacent to an activating group) is 1. The third-order valence-electron chi connectivity index (χ3n) is 1.87. The molecular weight excluding hydrogens is 213 g/mol. The predicted octanol–water partition coefficient (Wildman–Crippen LogP) is 1.58. The summed E-state index contributed by atoms with van der Waals surface area (Å²) in [6, 6.07) is -0.333. The second-order valence-electron chi connectivity index (χ2n) is 2.91. The average molecular weight is 228 g/mol. The standard InChI is InChI=1S/C8H15Cl2NO2/c1-5(7(9)10)4-6(11-2)8(12)13-3/h5-7,11H,4H2,1-3H3/t5-,6+/m1/s1. The molecule has 5 heteroatoms. The molecule has 0 saturated carbocycles. The van der Waals surface area contributed by atoms with E-state index in [0.717, 1.165) is 0 Å². The molecule has 0 fully saturated rings. The maximum Gasteiger partial charge on any atom is 0.322 e. The molecule has 1 N–H and O–H groups in total. The van der Waals surface area contributed by atoms with Gasteiger partial charge < -0.3 is 10.1 Å². The molecule has 0 rings (SSSR count). The SMILES string of the molecule is CN[C@@H](C[C@@H](C)C(Cl)Cl)C(=O)OC. The zero-order valence-corrected chi connectivity index (χ0v) is 9.52. The van der Waals surface area contributed by atoms with Gasteiger partial charge in [-0.2, -0.15) is 0 Å². The first-order valence-corrected chi connectivity index (χ1v) is 4.93. The van der Waals surface area contributed by atoms with Crippen molar-refractivity contribution >= 4 is 29.2 Å². The molecule has 0 bridgehead atoms. The minimum absolute atomic E-state index is 0.0554. The summed E-state index contributed by atoms with van der Waals surface area (Å²) in [5.74, 6) is -0.233. The topological polar surface area (TPSA) is 38.3 Å². The number of methoxy groups -OCH3 is 1. The Morgan fingerprint density at radius 2 is 2.08 bits per heavy atom. The highest BCUT2D eigenvalue weighted by Gasteiger charge is 2.22. The van der Waals surface area contributed by atoms with Gasteiger partial charge in [0, 0.05) is 0 Å². The maximum absolute atomic E-state index is 11.1. The van der Waals surface area contributed by atoms with Gasteiger partial charge in [-0.25, -0.2) is 0 Å². The molecule has 78 valence electrons. The summed E-state index contributed by atoms with van der Waals surface area (Å²) in [5.41, 5.74) is 0. The molecular formula is C8H15Cl2NO2. The van der Waals surface area contributed by atoms with Crippen molar-refractivity contribution in [3.63, 3.8) is 0 Å². The van der Waals surface area contributed by atoms with Crippen LogP contribution in [-0.4, -0.2) is 31.0 Å². The second kappa shape index (κ2) is 6.46. The van der Waals surface area contributed by atoms with E-state index in [1.165, 1.54) is 7.11 Å². The molecule has 0 aromatic heterocycles. The Kier molecular flexibility index (Phi) is 6.47. The fourth-order valence-corrected chi connectivity index (χ4v) is 1.15. The highest BCUT2D eigenvalue weighted by Crippen LogP contribution is 2.19. The zero-order valence-electron chi connectivity index (χ0n) is 8.01.